The summed E-state index contributed by atoms with van der Waals surface area (Å²) in [6.07, 6.45) is 0. The number of primary amides is 1. The van der Waals surface area contributed by atoms with Crippen LogP contribution < -0.4 is 10.5 Å². The topological polar surface area (TPSA) is 55.6 Å². The van der Waals surface area contributed by atoms with Crippen molar-refractivity contribution in [3.8, 4) is 5.75 Å². The quantitative estimate of drug-likeness (QED) is 0.886. The molecule has 4 nitrogen and oxygen atoms in total. The van der Waals surface area contributed by atoms with Crippen molar-refractivity contribution < 1.29 is 9.53 Å². The van der Waals surface area contributed by atoms with Gasteiger partial charge in [-0.2, -0.15) is 0 Å². The SMILES string of the molecule is COc1ccc(CN(C)[C@H](C(N)=O)c2ccccc2)cc1. The molecular formula is C17H20N2O2. The van der Waals surface area contributed by atoms with E-state index in [0.717, 1.165) is 16.9 Å². The van der Waals surface area contributed by atoms with Gasteiger partial charge in [0.15, 0.2) is 0 Å². The third-order valence-corrected chi connectivity index (χ3v) is 3.42. The standard InChI is InChI=1S/C17H20N2O2/c1-19(12-13-8-10-15(21-2)11-9-13)16(17(18)20)14-6-4-3-5-7-14/h3-11,16H,12H2,1-2H3,(H2,18,20)/t16-/m0/s1. The van der Waals surface area contributed by atoms with Crippen LogP contribution >= 0.6 is 0 Å². The van der Waals surface area contributed by atoms with Crippen molar-refractivity contribution in [2.24, 2.45) is 5.73 Å². The first-order valence-corrected chi connectivity index (χ1v) is 6.79. The van der Waals surface area contributed by atoms with Crippen molar-refractivity contribution in [2.45, 2.75) is 12.6 Å². The molecule has 1 amide bonds. The lowest BCUT2D eigenvalue weighted by Gasteiger charge is -2.26. The Morgan fingerprint density at radius 1 is 1.14 bits per heavy atom. The van der Waals surface area contributed by atoms with Gasteiger partial charge in [-0.05, 0) is 30.3 Å². The second-order valence-electron chi connectivity index (χ2n) is 4.98. The first-order valence-electron chi connectivity index (χ1n) is 6.79. The van der Waals surface area contributed by atoms with Crippen molar-refractivity contribution in [1.82, 2.24) is 4.90 Å². The maximum Gasteiger partial charge on any atom is 0.239 e. The summed E-state index contributed by atoms with van der Waals surface area (Å²) in [6.45, 7) is 0.631. The molecule has 0 aliphatic rings. The van der Waals surface area contributed by atoms with Crippen LogP contribution in [0.15, 0.2) is 54.6 Å². The maximum absolute atomic E-state index is 11.8. The second-order valence-corrected chi connectivity index (χ2v) is 4.98. The number of methoxy groups -OCH3 is 1. The Morgan fingerprint density at radius 3 is 2.29 bits per heavy atom. The van der Waals surface area contributed by atoms with Crippen LogP contribution in [0.4, 0.5) is 0 Å². The summed E-state index contributed by atoms with van der Waals surface area (Å²) in [6, 6.07) is 16.9. The summed E-state index contributed by atoms with van der Waals surface area (Å²) >= 11 is 0. The number of nitrogens with two attached hydrogens (primary N) is 1. The van der Waals surface area contributed by atoms with E-state index in [0.29, 0.717) is 6.54 Å². The number of ether oxygens (including phenoxy) is 1. The Kier molecular flexibility index (Phi) is 4.95. The van der Waals surface area contributed by atoms with Gasteiger partial charge >= 0.3 is 0 Å². The summed E-state index contributed by atoms with van der Waals surface area (Å²) in [5.74, 6) is 0.466. The number of hydrogen-bond donors (Lipinski definition) is 1. The van der Waals surface area contributed by atoms with Gasteiger partial charge in [-0.15, -0.1) is 0 Å². The summed E-state index contributed by atoms with van der Waals surface area (Å²) in [4.78, 5) is 13.7. The van der Waals surface area contributed by atoms with E-state index in [2.05, 4.69) is 0 Å². The van der Waals surface area contributed by atoms with Crippen LogP contribution in [-0.2, 0) is 11.3 Å². The second kappa shape index (κ2) is 6.90. The van der Waals surface area contributed by atoms with E-state index in [1.807, 2.05) is 66.5 Å². The van der Waals surface area contributed by atoms with E-state index < -0.39 is 6.04 Å². The van der Waals surface area contributed by atoms with E-state index in [4.69, 9.17) is 10.5 Å². The number of hydrogen-bond acceptors (Lipinski definition) is 3. The number of likely N-dealkylation sites (N-methyl/N-ethyl adjacent to an activating group) is 1. The van der Waals surface area contributed by atoms with Gasteiger partial charge in [-0.1, -0.05) is 42.5 Å². The Hall–Kier alpha value is -2.33. The number of carbonyl (C=O) groups excluding carboxylic acids is 1. The molecule has 2 aromatic carbocycles. The molecule has 2 rings (SSSR count). The molecule has 0 radical (unpaired) electrons. The molecule has 0 heterocycles. The lowest BCUT2D eigenvalue weighted by atomic mass is 10.0. The van der Waals surface area contributed by atoms with E-state index in [9.17, 15) is 4.79 Å². The molecule has 0 saturated carbocycles. The van der Waals surface area contributed by atoms with Crippen LogP contribution in [0.3, 0.4) is 0 Å². The zero-order chi connectivity index (χ0) is 15.2. The fourth-order valence-corrected chi connectivity index (χ4v) is 2.38. The first-order chi connectivity index (χ1) is 10.1. The molecule has 0 aliphatic carbocycles. The average Bonchev–Trinajstić information content (AvgIpc) is 2.49. The lowest BCUT2D eigenvalue weighted by Crippen LogP contribution is -2.34. The third-order valence-electron chi connectivity index (χ3n) is 3.42. The lowest BCUT2D eigenvalue weighted by molar-refractivity contribution is -0.123. The highest BCUT2D eigenvalue weighted by Gasteiger charge is 2.22. The van der Waals surface area contributed by atoms with E-state index in [-0.39, 0.29) is 5.91 Å². The van der Waals surface area contributed by atoms with Crippen LogP contribution in [0.25, 0.3) is 0 Å². The fourth-order valence-electron chi connectivity index (χ4n) is 2.38. The zero-order valence-corrected chi connectivity index (χ0v) is 12.3. The monoisotopic (exact) mass is 284 g/mol. The molecule has 0 unspecified atom stereocenters. The van der Waals surface area contributed by atoms with Crippen LogP contribution in [0.2, 0.25) is 0 Å². The number of carbonyl (C=O) groups is 1. The van der Waals surface area contributed by atoms with Crippen LogP contribution in [-0.4, -0.2) is 25.0 Å². The van der Waals surface area contributed by atoms with Crippen molar-refractivity contribution in [1.29, 1.82) is 0 Å². The van der Waals surface area contributed by atoms with Crippen LogP contribution in [0.1, 0.15) is 17.2 Å². The Balaban J connectivity index is 2.15. The smallest absolute Gasteiger partial charge is 0.239 e. The van der Waals surface area contributed by atoms with E-state index in [1.165, 1.54) is 0 Å². The van der Waals surface area contributed by atoms with Gasteiger partial charge in [-0.3, -0.25) is 9.69 Å². The van der Waals surface area contributed by atoms with E-state index in [1.54, 1.807) is 7.11 Å². The van der Waals surface area contributed by atoms with E-state index >= 15 is 0 Å². The van der Waals surface area contributed by atoms with Crippen molar-refractivity contribution >= 4 is 5.91 Å². The van der Waals surface area contributed by atoms with Gasteiger partial charge in [0.2, 0.25) is 5.91 Å². The Bertz CT molecular complexity index is 581. The third kappa shape index (κ3) is 3.83. The molecule has 1 atom stereocenters. The number of nitrogens with zero attached hydrogens (tertiary/aromatic N) is 1. The van der Waals surface area contributed by atoms with Crippen molar-refractivity contribution in [3.05, 3.63) is 65.7 Å². The molecule has 2 N–H and O–H groups in total. The molecule has 0 bridgehead atoms. The summed E-state index contributed by atoms with van der Waals surface area (Å²) in [7, 11) is 3.53. The van der Waals surface area contributed by atoms with Crippen molar-refractivity contribution in [3.63, 3.8) is 0 Å². The molecule has 0 spiro atoms. The number of rotatable bonds is 6. The van der Waals surface area contributed by atoms with Gasteiger partial charge in [0.25, 0.3) is 0 Å². The van der Waals surface area contributed by atoms with Gasteiger partial charge in [0.05, 0.1) is 7.11 Å². The predicted octanol–water partition coefficient (Wildman–Crippen LogP) is 2.35. The van der Waals surface area contributed by atoms with Gasteiger partial charge < -0.3 is 10.5 Å². The summed E-state index contributed by atoms with van der Waals surface area (Å²) in [5.41, 5.74) is 7.57. The van der Waals surface area contributed by atoms with Crippen LogP contribution in [0.5, 0.6) is 5.75 Å². The van der Waals surface area contributed by atoms with Gasteiger partial charge in [0.1, 0.15) is 11.8 Å². The Morgan fingerprint density at radius 2 is 1.76 bits per heavy atom. The van der Waals surface area contributed by atoms with Crippen molar-refractivity contribution in [2.75, 3.05) is 14.2 Å². The predicted molar refractivity (Wildman–Crippen MR) is 82.8 cm³/mol. The number of benzene rings is 2. The maximum atomic E-state index is 11.8. The minimum Gasteiger partial charge on any atom is -0.497 e. The summed E-state index contributed by atoms with van der Waals surface area (Å²) < 4.78 is 5.14. The normalized spacial score (nSPS) is 12.1. The number of amides is 1. The van der Waals surface area contributed by atoms with Crippen LogP contribution in [0, 0.1) is 0 Å². The Labute approximate surface area is 125 Å². The molecule has 2 aromatic rings. The molecule has 0 aliphatic heterocycles. The zero-order valence-electron chi connectivity index (χ0n) is 12.3. The minimum atomic E-state index is -0.437. The van der Waals surface area contributed by atoms with Gasteiger partial charge in [-0.25, -0.2) is 0 Å². The minimum absolute atomic E-state index is 0.350. The molecule has 4 heteroatoms. The molecule has 110 valence electrons. The highest BCUT2D eigenvalue weighted by molar-refractivity contribution is 5.81. The summed E-state index contributed by atoms with van der Waals surface area (Å²) in [5, 5.41) is 0. The molecule has 21 heavy (non-hydrogen) atoms. The molecule has 0 fully saturated rings. The first kappa shape index (κ1) is 15.1. The average molecular weight is 284 g/mol. The fraction of sp³-hybridized carbons (Fsp3) is 0.235. The highest BCUT2D eigenvalue weighted by Crippen LogP contribution is 2.21. The molecular weight excluding hydrogens is 264 g/mol. The largest absolute Gasteiger partial charge is 0.497 e. The van der Waals surface area contributed by atoms with Gasteiger partial charge in [0, 0.05) is 6.54 Å². The molecule has 0 aromatic heterocycles. The highest BCUT2D eigenvalue weighted by atomic mass is 16.5. The molecule has 0 saturated heterocycles.